The van der Waals surface area contributed by atoms with Gasteiger partial charge in [-0.15, -0.1) is 0 Å². The number of rotatable bonds is 5. The second-order valence-electron chi connectivity index (χ2n) is 6.47. The third-order valence-electron chi connectivity index (χ3n) is 4.51. The van der Waals surface area contributed by atoms with E-state index in [-0.39, 0.29) is 11.8 Å². The van der Waals surface area contributed by atoms with Gasteiger partial charge in [0.15, 0.2) is 0 Å². The molecule has 2 aromatic rings. The minimum atomic E-state index is 0.00221. The number of halogens is 2. The van der Waals surface area contributed by atoms with Crippen molar-refractivity contribution in [3.05, 3.63) is 69.2 Å². The molecule has 136 valence electrons. The van der Waals surface area contributed by atoms with Gasteiger partial charge in [0.05, 0.1) is 6.21 Å². The summed E-state index contributed by atoms with van der Waals surface area (Å²) in [5, 5.41) is 4.84. The maximum atomic E-state index is 12.3. The number of hydrogen-bond acceptors (Lipinski definition) is 3. The number of nitrogens with zero attached hydrogens (tertiary/aromatic N) is 2. The van der Waals surface area contributed by atoms with Gasteiger partial charge in [-0.25, -0.2) is 5.43 Å². The molecule has 1 N–H and O–H groups in total. The highest BCUT2D eigenvalue weighted by atomic mass is 79.9. The maximum Gasteiger partial charge on any atom is 0.243 e. The highest BCUT2D eigenvalue weighted by molar-refractivity contribution is 9.10. The predicted molar refractivity (Wildman–Crippen MR) is 109 cm³/mol. The van der Waals surface area contributed by atoms with E-state index in [2.05, 4.69) is 43.5 Å². The van der Waals surface area contributed by atoms with E-state index >= 15 is 0 Å². The fourth-order valence-electron chi connectivity index (χ4n) is 3.05. The highest BCUT2D eigenvalue weighted by Gasteiger charge is 2.24. The van der Waals surface area contributed by atoms with Gasteiger partial charge in [-0.05, 0) is 61.3 Å². The van der Waals surface area contributed by atoms with Crippen molar-refractivity contribution < 1.29 is 4.79 Å². The first-order valence-corrected chi connectivity index (χ1v) is 9.82. The van der Waals surface area contributed by atoms with Crippen LogP contribution in [0.4, 0.5) is 0 Å². The van der Waals surface area contributed by atoms with Gasteiger partial charge in [0.2, 0.25) is 5.91 Å². The summed E-state index contributed by atoms with van der Waals surface area (Å²) in [6.07, 6.45) is 3.37. The van der Waals surface area contributed by atoms with Crippen molar-refractivity contribution >= 4 is 39.7 Å². The van der Waals surface area contributed by atoms with Crippen molar-refractivity contribution in [2.24, 2.45) is 11.0 Å². The molecule has 4 nitrogen and oxygen atoms in total. The number of carbonyl (C=O) groups is 1. The van der Waals surface area contributed by atoms with E-state index in [4.69, 9.17) is 11.6 Å². The Morgan fingerprint density at radius 3 is 2.65 bits per heavy atom. The highest BCUT2D eigenvalue weighted by Crippen LogP contribution is 2.20. The quantitative estimate of drug-likeness (QED) is 0.557. The maximum absolute atomic E-state index is 12.3. The number of benzene rings is 2. The summed E-state index contributed by atoms with van der Waals surface area (Å²) in [6.45, 7) is 2.72. The Bertz CT molecular complexity index is 771. The molecule has 0 spiro atoms. The van der Waals surface area contributed by atoms with Crippen molar-refractivity contribution in [2.45, 2.75) is 19.4 Å². The fraction of sp³-hybridized carbons (Fsp3) is 0.300. The third kappa shape index (κ3) is 5.66. The van der Waals surface area contributed by atoms with E-state index in [0.29, 0.717) is 0 Å². The number of carbonyl (C=O) groups excluding carboxylic acids is 1. The minimum Gasteiger partial charge on any atom is -0.299 e. The molecule has 3 rings (SSSR count). The van der Waals surface area contributed by atoms with Crippen LogP contribution in [-0.4, -0.2) is 30.1 Å². The smallest absolute Gasteiger partial charge is 0.243 e. The van der Waals surface area contributed by atoms with Gasteiger partial charge in [0, 0.05) is 22.0 Å². The van der Waals surface area contributed by atoms with Crippen molar-refractivity contribution in [1.29, 1.82) is 0 Å². The Morgan fingerprint density at radius 2 is 1.96 bits per heavy atom. The van der Waals surface area contributed by atoms with Gasteiger partial charge < -0.3 is 0 Å². The first-order chi connectivity index (χ1) is 12.6. The molecule has 1 fully saturated rings. The van der Waals surface area contributed by atoms with Crippen LogP contribution in [-0.2, 0) is 11.3 Å². The van der Waals surface area contributed by atoms with Gasteiger partial charge in [0.1, 0.15) is 0 Å². The molecule has 0 unspecified atom stereocenters. The topological polar surface area (TPSA) is 44.7 Å². The van der Waals surface area contributed by atoms with Crippen LogP contribution in [0.3, 0.4) is 0 Å². The standard InChI is InChI=1S/C20H21BrClN3O/c21-18-3-1-2-16(12-18)13-23-24-20(26)17-8-10-25(11-9-17)14-15-4-6-19(22)7-5-15/h1-7,12-13,17H,8-11,14H2,(H,24,26)/b23-13+. The van der Waals surface area contributed by atoms with Gasteiger partial charge in [0.25, 0.3) is 0 Å². The first kappa shape index (κ1) is 19.1. The molecule has 6 heteroatoms. The molecular weight excluding hydrogens is 414 g/mol. The van der Waals surface area contributed by atoms with E-state index < -0.39 is 0 Å². The second kappa shape index (κ2) is 9.31. The van der Waals surface area contributed by atoms with Crippen LogP contribution in [0.25, 0.3) is 0 Å². The first-order valence-electron chi connectivity index (χ1n) is 8.65. The van der Waals surface area contributed by atoms with Crippen molar-refractivity contribution in [1.82, 2.24) is 10.3 Å². The van der Waals surface area contributed by atoms with Crippen LogP contribution >= 0.6 is 27.5 Å². The molecule has 0 aromatic heterocycles. The van der Waals surface area contributed by atoms with E-state index in [0.717, 1.165) is 47.5 Å². The minimum absolute atomic E-state index is 0.00221. The summed E-state index contributed by atoms with van der Waals surface area (Å²) < 4.78 is 0.987. The van der Waals surface area contributed by atoms with Crippen molar-refractivity contribution in [3.63, 3.8) is 0 Å². The van der Waals surface area contributed by atoms with Crippen LogP contribution in [0, 0.1) is 5.92 Å². The lowest BCUT2D eigenvalue weighted by Gasteiger charge is -2.30. The molecule has 0 aliphatic carbocycles. The Kier molecular flexibility index (Phi) is 6.83. The summed E-state index contributed by atoms with van der Waals surface area (Å²) in [7, 11) is 0. The number of hydrazone groups is 1. The number of nitrogens with one attached hydrogen (secondary N) is 1. The van der Waals surface area contributed by atoms with E-state index in [1.165, 1.54) is 5.56 Å². The van der Waals surface area contributed by atoms with Gasteiger partial charge in [-0.2, -0.15) is 5.10 Å². The van der Waals surface area contributed by atoms with Gasteiger partial charge >= 0.3 is 0 Å². The molecule has 1 aliphatic rings. The van der Waals surface area contributed by atoms with Crippen LogP contribution in [0.2, 0.25) is 5.02 Å². The average molecular weight is 435 g/mol. The second-order valence-corrected chi connectivity index (χ2v) is 7.82. The lowest BCUT2D eigenvalue weighted by atomic mass is 9.96. The van der Waals surface area contributed by atoms with Crippen LogP contribution in [0.5, 0.6) is 0 Å². The molecule has 0 radical (unpaired) electrons. The molecule has 2 aromatic carbocycles. The molecule has 0 bridgehead atoms. The van der Waals surface area contributed by atoms with Crippen LogP contribution in [0.1, 0.15) is 24.0 Å². The largest absolute Gasteiger partial charge is 0.299 e. The normalized spacial score (nSPS) is 16.1. The Balaban J connectivity index is 1.43. The van der Waals surface area contributed by atoms with Crippen LogP contribution in [0.15, 0.2) is 58.1 Å². The van der Waals surface area contributed by atoms with E-state index in [1.807, 2.05) is 36.4 Å². The number of piperidine rings is 1. The van der Waals surface area contributed by atoms with E-state index in [9.17, 15) is 4.79 Å². The lowest BCUT2D eigenvalue weighted by molar-refractivity contribution is -0.126. The molecule has 1 amide bonds. The van der Waals surface area contributed by atoms with Crippen molar-refractivity contribution in [3.8, 4) is 0 Å². The zero-order valence-electron chi connectivity index (χ0n) is 14.4. The third-order valence-corrected chi connectivity index (χ3v) is 5.26. The lowest BCUT2D eigenvalue weighted by Crippen LogP contribution is -2.39. The Hall–Kier alpha value is -1.69. The predicted octanol–water partition coefficient (Wildman–Crippen LogP) is 4.46. The summed E-state index contributed by atoms with van der Waals surface area (Å²) >= 11 is 9.34. The summed E-state index contributed by atoms with van der Waals surface area (Å²) in [4.78, 5) is 14.7. The molecule has 0 saturated carbocycles. The van der Waals surface area contributed by atoms with Crippen molar-refractivity contribution in [2.75, 3.05) is 13.1 Å². The van der Waals surface area contributed by atoms with Gasteiger partial charge in [-0.3, -0.25) is 9.69 Å². The number of hydrogen-bond donors (Lipinski definition) is 1. The fourth-order valence-corrected chi connectivity index (χ4v) is 3.59. The van der Waals surface area contributed by atoms with E-state index in [1.54, 1.807) is 6.21 Å². The number of likely N-dealkylation sites (tertiary alicyclic amines) is 1. The SMILES string of the molecule is O=C(N/N=C/c1cccc(Br)c1)C1CCN(Cc2ccc(Cl)cc2)CC1. The summed E-state index contributed by atoms with van der Waals surface area (Å²) in [6, 6.07) is 15.7. The summed E-state index contributed by atoms with van der Waals surface area (Å²) in [5.74, 6) is 0.0264. The monoisotopic (exact) mass is 433 g/mol. The summed E-state index contributed by atoms with van der Waals surface area (Å²) in [5.41, 5.74) is 4.86. The zero-order chi connectivity index (χ0) is 18.4. The Morgan fingerprint density at radius 1 is 1.23 bits per heavy atom. The average Bonchev–Trinajstić information content (AvgIpc) is 2.64. The van der Waals surface area contributed by atoms with Gasteiger partial charge in [-0.1, -0.05) is 51.8 Å². The molecule has 26 heavy (non-hydrogen) atoms. The molecule has 1 aliphatic heterocycles. The molecule has 1 heterocycles. The molecule has 0 atom stereocenters. The molecule has 1 saturated heterocycles. The van der Waals surface area contributed by atoms with Crippen LogP contribution < -0.4 is 5.43 Å². The number of amides is 1. The Labute approximate surface area is 167 Å². The molecular formula is C20H21BrClN3O. The zero-order valence-corrected chi connectivity index (χ0v) is 16.7.